The van der Waals surface area contributed by atoms with Gasteiger partial charge >= 0.3 is 0 Å². The molecule has 0 saturated heterocycles. The summed E-state index contributed by atoms with van der Waals surface area (Å²) in [6, 6.07) is 13.5. The van der Waals surface area contributed by atoms with Crippen LogP contribution < -0.4 is 14.4 Å². The van der Waals surface area contributed by atoms with Crippen molar-refractivity contribution in [2.45, 2.75) is 70.5 Å². The van der Waals surface area contributed by atoms with Crippen molar-refractivity contribution < 1.29 is 22.7 Å². The molecular weight excluding hydrogens is 526 g/mol. The Hall–Kier alpha value is -2.78. The van der Waals surface area contributed by atoms with Crippen LogP contribution in [0.1, 0.15) is 57.4 Å². The number of hydrogen-bond donors (Lipinski definition) is 1. The number of sulfonamides is 1. The highest BCUT2D eigenvalue weighted by atomic mass is 35.5. The largest absolute Gasteiger partial charge is 0.495 e. The minimum absolute atomic E-state index is 0.0722. The van der Waals surface area contributed by atoms with Gasteiger partial charge in [0.25, 0.3) is 0 Å². The van der Waals surface area contributed by atoms with Gasteiger partial charge in [0.1, 0.15) is 11.8 Å². The molecule has 1 atom stereocenters. The minimum atomic E-state index is -3.62. The maximum atomic E-state index is 13.5. The maximum absolute atomic E-state index is 13.5. The van der Waals surface area contributed by atoms with Gasteiger partial charge in [-0.15, -0.1) is 0 Å². The van der Waals surface area contributed by atoms with Gasteiger partial charge in [-0.2, -0.15) is 0 Å². The second kappa shape index (κ2) is 13.8. The van der Waals surface area contributed by atoms with E-state index in [9.17, 15) is 18.0 Å². The van der Waals surface area contributed by atoms with Gasteiger partial charge < -0.3 is 15.0 Å². The number of benzene rings is 2. The zero-order valence-electron chi connectivity index (χ0n) is 22.4. The lowest BCUT2D eigenvalue weighted by atomic mass is 9.95. The molecule has 38 heavy (non-hydrogen) atoms. The lowest BCUT2D eigenvalue weighted by molar-refractivity contribution is -0.141. The average Bonchev–Trinajstić information content (AvgIpc) is 2.89. The molecule has 1 aliphatic carbocycles. The van der Waals surface area contributed by atoms with Crippen molar-refractivity contribution in [3.63, 3.8) is 0 Å². The molecule has 1 saturated carbocycles. The number of amides is 2. The van der Waals surface area contributed by atoms with Crippen LogP contribution in [-0.4, -0.2) is 57.1 Å². The Bertz CT molecular complexity index is 1200. The van der Waals surface area contributed by atoms with Crippen molar-refractivity contribution in [1.82, 2.24) is 10.2 Å². The first-order valence-corrected chi connectivity index (χ1v) is 15.3. The highest BCUT2D eigenvalue weighted by molar-refractivity contribution is 7.92. The number of rotatable bonds is 12. The van der Waals surface area contributed by atoms with Gasteiger partial charge in [0.15, 0.2) is 0 Å². The molecule has 0 aliphatic heterocycles. The monoisotopic (exact) mass is 563 g/mol. The van der Waals surface area contributed by atoms with E-state index < -0.39 is 16.1 Å². The second-order valence-electron chi connectivity index (χ2n) is 9.78. The van der Waals surface area contributed by atoms with Gasteiger partial charge in [-0.25, -0.2) is 8.42 Å². The Morgan fingerprint density at radius 2 is 1.82 bits per heavy atom. The molecule has 1 N–H and O–H groups in total. The number of anilines is 1. The number of nitrogens with one attached hydrogen (secondary N) is 1. The molecule has 3 rings (SSSR count). The highest BCUT2D eigenvalue weighted by Crippen LogP contribution is 2.30. The molecule has 2 aromatic carbocycles. The summed E-state index contributed by atoms with van der Waals surface area (Å²) in [5.41, 5.74) is 1.23. The molecule has 2 aromatic rings. The van der Waals surface area contributed by atoms with Crippen molar-refractivity contribution >= 4 is 39.1 Å². The van der Waals surface area contributed by atoms with Crippen molar-refractivity contribution in [2.75, 3.05) is 24.2 Å². The van der Waals surface area contributed by atoms with E-state index in [4.69, 9.17) is 16.3 Å². The Morgan fingerprint density at radius 3 is 2.47 bits per heavy atom. The number of methoxy groups -OCH3 is 1. The minimum Gasteiger partial charge on any atom is -0.495 e. The predicted octanol–water partition coefficient (Wildman–Crippen LogP) is 4.76. The SMILES string of the molecule is COc1ccccc1N(CCCC(=O)N(Cc1cccc(Cl)c1)[C@H](C)C(=O)NC1CCCCC1)S(C)(=O)=O. The van der Waals surface area contributed by atoms with Gasteiger partial charge in [-0.3, -0.25) is 13.9 Å². The second-order valence-corrected chi connectivity index (χ2v) is 12.1. The molecule has 10 heteroatoms. The molecule has 1 aliphatic rings. The highest BCUT2D eigenvalue weighted by Gasteiger charge is 2.28. The van der Waals surface area contributed by atoms with Crippen molar-refractivity contribution in [1.29, 1.82) is 0 Å². The van der Waals surface area contributed by atoms with E-state index in [1.165, 1.54) is 17.8 Å². The van der Waals surface area contributed by atoms with Crippen LogP contribution >= 0.6 is 11.6 Å². The Kier molecular flexibility index (Phi) is 10.8. The molecule has 1 fully saturated rings. The van der Waals surface area contributed by atoms with Crippen molar-refractivity contribution in [3.05, 3.63) is 59.1 Å². The quantitative estimate of drug-likeness (QED) is 0.401. The van der Waals surface area contributed by atoms with E-state index in [0.717, 1.165) is 37.5 Å². The fraction of sp³-hybridized carbons (Fsp3) is 0.500. The van der Waals surface area contributed by atoms with Crippen LogP contribution in [0, 0.1) is 0 Å². The van der Waals surface area contributed by atoms with Gasteiger partial charge in [0.2, 0.25) is 21.8 Å². The summed E-state index contributed by atoms with van der Waals surface area (Å²) in [4.78, 5) is 28.2. The first kappa shape index (κ1) is 29.8. The summed E-state index contributed by atoms with van der Waals surface area (Å²) in [6.45, 7) is 2.05. The third-order valence-electron chi connectivity index (χ3n) is 6.87. The molecule has 0 unspecified atom stereocenters. The van der Waals surface area contributed by atoms with Crippen LogP contribution in [0.3, 0.4) is 0 Å². The lowest BCUT2D eigenvalue weighted by Gasteiger charge is -2.31. The summed E-state index contributed by atoms with van der Waals surface area (Å²) in [5.74, 6) is 0.0173. The average molecular weight is 564 g/mol. The van der Waals surface area contributed by atoms with Crippen LogP contribution in [0.5, 0.6) is 5.75 Å². The molecule has 208 valence electrons. The zero-order chi connectivity index (χ0) is 27.7. The first-order valence-electron chi connectivity index (χ1n) is 13.0. The molecule has 0 radical (unpaired) electrons. The molecular formula is C28H38ClN3O5S. The van der Waals surface area contributed by atoms with E-state index in [1.807, 2.05) is 12.1 Å². The Balaban J connectivity index is 1.73. The lowest BCUT2D eigenvalue weighted by Crippen LogP contribution is -2.50. The van der Waals surface area contributed by atoms with Crippen molar-refractivity contribution in [2.24, 2.45) is 0 Å². The predicted molar refractivity (Wildman–Crippen MR) is 151 cm³/mol. The number of hydrogen-bond acceptors (Lipinski definition) is 5. The normalized spacial score (nSPS) is 14.9. The molecule has 8 nitrogen and oxygen atoms in total. The number of nitrogens with zero attached hydrogens (tertiary/aromatic N) is 2. The van der Waals surface area contributed by atoms with Crippen molar-refractivity contribution in [3.8, 4) is 5.75 Å². The molecule has 2 amide bonds. The third kappa shape index (κ3) is 8.36. The summed E-state index contributed by atoms with van der Waals surface area (Å²) >= 11 is 6.17. The molecule has 0 bridgehead atoms. The standard InChI is InChI=1S/C28H38ClN3O5S/c1-21(28(34)30-24-13-5-4-6-14-24)31(20-22-11-9-12-23(29)19-22)27(33)17-10-18-32(38(3,35)36)25-15-7-8-16-26(25)37-2/h7-9,11-12,15-16,19,21,24H,4-6,10,13-14,17-18,20H2,1-3H3,(H,30,34)/t21-/m1/s1. The fourth-order valence-electron chi connectivity index (χ4n) is 4.80. The van der Waals surface area contributed by atoms with Crippen LogP contribution in [0.25, 0.3) is 0 Å². The smallest absolute Gasteiger partial charge is 0.242 e. The van der Waals surface area contributed by atoms with Crippen LogP contribution in [0.4, 0.5) is 5.69 Å². The molecule has 0 heterocycles. The van der Waals surface area contributed by atoms with Crippen LogP contribution in [-0.2, 0) is 26.2 Å². The van der Waals surface area contributed by atoms with E-state index in [2.05, 4.69) is 5.32 Å². The number of para-hydroxylation sites is 2. The first-order chi connectivity index (χ1) is 18.1. The number of halogens is 1. The Morgan fingerprint density at radius 1 is 1.11 bits per heavy atom. The van der Waals surface area contributed by atoms with Gasteiger partial charge in [-0.05, 0) is 56.0 Å². The van der Waals surface area contributed by atoms with Gasteiger partial charge in [0.05, 0.1) is 19.1 Å². The topological polar surface area (TPSA) is 96.0 Å². The van der Waals surface area contributed by atoms with E-state index in [0.29, 0.717) is 16.5 Å². The van der Waals surface area contributed by atoms with Crippen LogP contribution in [0.15, 0.2) is 48.5 Å². The van der Waals surface area contributed by atoms with E-state index >= 15 is 0 Å². The number of carbonyl (C=O) groups excluding carboxylic acids is 2. The van der Waals surface area contributed by atoms with E-state index in [1.54, 1.807) is 48.2 Å². The van der Waals surface area contributed by atoms with Gasteiger partial charge in [0, 0.05) is 30.6 Å². The number of carbonyl (C=O) groups is 2. The summed E-state index contributed by atoms with van der Waals surface area (Å²) in [7, 11) is -2.14. The number of ether oxygens (including phenoxy) is 1. The summed E-state index contributed by atoms with van der Waals surface area (Å²) < 4.78 is 31.8. The maximum Gasteiger partial charge on any atom is 0.242 e. The van der Waals surface area contributed by atoms with Crippen LogP contribution in [0.2, 0.25) is 5.02 Å². The zero-order valence-corrected chi connectivity index (χ0v) is 23.9. The summed E-state index contributed by atoms with van der Waals surface area (Å²) in [6.07, 6.45) is 6.73. The van der Waals surface area contributed by atoms with E-state index in [-0.39, 0.29) is 43.8 Å². The Labute approximate surface area is 231 Å². The molecule has 0 spiro atoms. The van der Waals surface area contributed by atoms with Gasteiger partial charge in [-0.1, -0.05) is 55.1 Å². The fourth-order valence-corrected chi connectivity index (χ4v) is 5.98. The summed E-state index contributed by atoms with van der Waals surface area (Å²) in [5, 5.41) is 3.67. The molecule has 0 aromatic heterocycles. The third-order valence-corrected chi connectivity index (χ3v) is 8.28.